The van der Waals surface area contributed by atoms with E-state index in [1.54, 1.807) is 0 Å². The number of hydrogen-bond acceptors (Lipinski definition) is 0. The minimum Gasteiger partial charge on any atom is -0.308 e. The number of allylic oxidation sites excluding steroid dienone is 4. The first-order valence-electron chi connectivity index (χ1n) is 28.5. The quantitative estimate of drug-likeness (QED) is 0.143. The first kappa shape index (κ1) is 45.7. The van der Waals surface area contributed by atoms with E-state index in [2.05, 4.69) is 301 Å². The Morgan fingerprint density at radius 2 is 0.605 bits per heavy atom. The molecule has 0 N–H and O–H groups in total. The maximum atomic E-state index is 2.63. The van der Waals surface area contributed by atoms with Crippen LogP contribution in [-0.4, -0.2) is 8.80 Å². The first-order chi connectivity index (χ1) is 40.1. The van der Waals surface area contributed by atoms with Gasteiger partial charge in [0.15, 0.2) is 0 Å². The SMILES string of the molecule is CC1C=CC=CC1c1ccc2c(c1)c1c3c4cc(-c5c(-c6ccccc6)cccc5-c5ccccc5)ccc4n4c5ccc(-c6ccccc6)cc5c(c5c6cc(-c7c(-c8ccccc8)cccc7-c7ccccc7)ccc6n2c51)c34. The Morgan fingerprint density at radius 3 is 1.00 bits per heavy atom. The average Bonchev–Trinajstić information content (AvgIpc) is 1.92. The number of fused-ring (bicyclic) bond motifs is 14. The third kappa shape index (κ3) is 6.81. The number of aromatic nitrogens is 2. The van der Waals surface area contributed by atoms with Gasteiger partial charge in [-0.05, 0) is 138 Å². The van der Waals surface area contributed by atoms with Gasteiger partial charge in [-0.1, -0.05) is 244 Å². The highest BCUT2D eigenvalue weighted by molar-refractivity contribution is 6.45. The zero-order valence-corrected chi connectivity index (χ0v) is 44.7. The molecule has 81 heavy (non-hydrogen) atoms. The predicted octanol–water partition coefficient (Wildman–Crippen LogP) is 21.5. The highest BCUT2D eigenvalue weighted by Gasteiger charge is 2.31. The first-order valence-corrected chi connectivity index (χ1v) is 28.5. The van der Waals surface area contributed by atoms with Crippen molar-refractivity contribution < 1.29 is 0 Å². The molecule has 0 amide bonds. The van der Waals surface area contributed by atoms with E-state index in [0.717, 1.165) is 0 Å². The van der Waals surface area contributed by atoms with E-state index in [1.165, 1.54) is 160 Å². The van der Waals surface area contributed by atoms with Crippen molar-refractivity contribution in [3.05, 3.63) is 291 Å². The summed E-state index contributed by atoms with van der Waals surface area (Å²) in [6.45, 7) is 2.35. The molecule has 0 spiro atoms. The Hall–Kier alpha value is -10.3. The van der Waals surface area contributed by atoms with E-state index in [0.29, 0.717) is 5.92 Å². The lowest BCUT2D eigenvalue weighted by Crippen LogP contribution is -2.07. The van der Waals surface area contributed by atoms with E-state index in [4.69, 9.17) is 0 Å². The third-order valence-corrected chi connectivity index (χ3v) is 17.9. The average molecular weight is 1030 g/mol. The van der Waals surface area contributed by atoms with Crippen molar-refractivity contribution in [2.24, 2.45) is 5.92 Å². The van der Waals surface area contributed by atoms with Gasteiger partial charge in [0.05, 0.1) is 33.1 Å². The van der Waals surface area contributed by atoms with Crippen molar-refractivity contribution >= 4 is 76.2 Å². The summed E-state index contributed by atoms with van der Waals surface area (Å²) in [6.07, 6.45) is 9.18. The van der Waals surface area contributed by atoms with Gasteiger partial charge in [0.1, 0.15) is 0 Å². The summed E-state index contributed by atoms with van der Waals surface area (Å²) in [5, 5.41) is 10.3. The van der Waals surface area contributed by atoms with E-state index in [-0.39, 0.29) is 5.92 Å². The van der Waals surface area contributed by atoms with Gasteiger partial charge in [-0.25, -0.2) is 0 Å². The monoisotopic (exact) mass is 1030 g/mol. The largest absolute Gasteiger partial charge is 0.308 e. The van der Waals surface area contributed by atoms with Gasteiger partial charge >= 0.3 is 0 Å². The molecule has 2 atom stereocenters. The van der Waals surface area contributed by atoms with Crippen LogP contribution in [0.15, 0.2) is 285 Å². The van der Waals surface area contributed by atoms with Crippen LogP contribution < -0.4 is 0 Å². The van der Waals surface area contributed by atoms with Crippen LogP contribution in [-0.2, 0) is 0 Å². The molecular weight excluding hydrogens is 977 g/mol. The molecule has 1 aliphatic rings. The molecule has 17 rings (SSSR count). The molecule has 2 heteroatoms. The molecule has 4 aromatic heterocycles. The second-order valence-corrected chi connectivity index (χ2v) is 22.3. The zero-order chi connectivity index (χ0) is 53.3. The predicted molar refractivity (Wildman–Crippen MR) is 344 cm³/mol. The normalized spacial score (nSPS) is 14.6. The minimum atomic E-state index is 0.267. The van der Waals surface area contributed by atoms with Crippen LogP contribution in [0, 0.1) is 5.92 Å². The van der Waals surface area contributed by atoms with Crippen LogP contribution in [0.5, 0.6) is 0 Å². The fourth-order valence-electron chi connectivity index (χ4n) is 14.3. The summed E-state index contributed by atoms with van der Waals surface area (Å²) in [6, 6.07) is 97.6. The molecule has 0 fully saturated rings. The maximum absolute atomic E-state index is 2.63. The fourth-order valence-corrected chi connectivity index (χ4v) is 14.3. The molecule has 4 heterocycles. The van der Waals surface area contributed by atoms with Crippen molar-refractivity contribution in [3.8, 4) is 77.9 Å². The molecule has 2 unspecified atom stereocenters. The van der Waals surface area contributed by atoms with Crippen molar-refractivity contribution in [3.63, 3.8) is 0 Å². The van der Waals surface area contributed by atoms with Gasteiger partial charge in [0.2, 0.25) is 0 Å². The molecule has 0 saturated carbocycles. The molecule has 16 aromatic rings. The van der Waals surface area contributed by atoms with Crippen molar-refractivity contribution in [1.82, 2.24) is 8.80 Å². The number of rotatable bonds is 8. The summed E-state index contributed by atoms with van der Waals surface area (Å²) in [5.41, 5.74) is 25.7. The van der Waals surface area contributed by atoms with Crippen LogP contribution in [0.1, 0.15) is 18.4 Å². The molecule has 1 aliphatic carbocycles. The van der Waals surface area contributed by atoms with Gasteiger partial charge in [0, 0.05) is 49.0 Å². The molecule has 0 aliphatic heterocycles. The zero-order valence-electron chi connectivity index (χ0n) is 44.7. The summed E-state index contributed by atoms with van der Waals surface area (Å²) >= 11 is 0. The fraction of sp³-hybridized carbons (Fsp3) is 0.0380. The third-order valence-electron chi connectivity index (χ3n) is 17.9. The van der Waals surface area contributed by atoms with Gasteiger partial charge < -0.3 is 8.80 Å². The Kier molecular flexibility index (Phi) is 10.1. The summed E-state index contributed by atoms with van der Waals surface area (Å²) in [4.78, 5) is 0. The number of nitrogens with zero attached hydrogens (tertiary/aromatic N) is 2. The Bertz CT molecular complexity index is 5080. The molecule has 378 valence electrons. The topological polar surface area (TPSA) is 8.82 Å². The van der Waals surface area contributed by atoms with E-state index in [1.807, 2.05) is 0 Å². The maximum Gasteiger partial charge on any atom is 0.0634 e. The molecule has 0 saturated heterocycles. The lowest BCUT2D eigenvalue weighted by Gasteiger charge is -2.21. The smallest absolute Gasteiger partial charge is 0.0634 e. The van der Waals surface area contributed by atoms with E-state index >= 15 is 0 Å². The lowest BCUT2D eigenvalue weighted by molar-refractivity contribution is 0.636. The molecule has 2 nitrogen and oxygen atoms in total. The molecule has 0 bridgehead atoms. The second kappa shape index (κ2) is 17.9. The summed E-state index contributed by atoms with van der Waals surface area (Å²) < 4.78 is 5.25. The second-order valence-electron chi connectivity index (χ2n) is 22.3. The lowest BCUT2D eigenvalue weighted by atomic mass is 9.83. The van der Waals surface area contributed by atoms with Crippen molar-refractivity contribution in [2.75, 3.05) is 0 Å². The molecule has 0 radical (unpaired) electrons. The van der Waals surface area contributed by atoms with Crippen LogP contribution in [0.25, 0.3) is 154 Å². The highest BCUT2D eigenvalue weighted by Crippen LogP contribution is 2.54. The Morgan fingerprint density at radius 1 is 0.272 bits per heavy atom. The van der Waals surface area contributed by atoms with Crippen LogP contribution >= 0.6 is 0 Å². The number of hydrogen-bond donors (Lipinski definition) is 0. The van der Waals surface area contributed by atoms with Crippen LogP contribution in [0.4, 0.5) is 0 Å². The van der Waals surface area contributed by atoms with Crippen molar-refractivity contribution in [1.29, 1.82) is 0 Å². The standard InChI is InChI=1S/C79H52N2/c1-49-21-17-18-32-59(49)56-38-42-69-65(46-56)75-77-67-48-58(73-62(53-28-13-5-14-29-53)35-20-36-63(73)54-30-15-6-16-31-54)39-43-70(67)80-68-41-37-55(50-22-7-2-8-23-50)45-64(68)74(78(77)80)76-66-47-57(40-44-71(66)81(69)79(75)76)72-60(51-24-9-3-10-25-51)33-19-34-61(72)52-26-11-4-12-27-52/h2-49,59H,1H3. The number of benzene rings is 12. The van der Waals surface area contributed by atoms with Crippen LogP contribution in [0.3, 0.4) is 0 Å². The Balaban J connectivity index is 1.05. The van der Waals surface area contributed by atoms with Crippen LogP contribution in [0.2, 0.25) is 0 Å². The molecule has 12 aromatic carbocycles. The highest BCUT2D eigenvalue weighted by atomic mass is 14.9. The summed E-state index contributed by atoms with van der Waals surface area (Å²) in [5.74, 6) is 0.640. The summed E-state index contributed by atoms with van der Waals surface area (Å²) in [7, 11) is 0. The van der Waals surface area contributed by atoms with Gasteiger partial charge in [0.25, 0.3) is 0 Å². The van der Waals surface area contributed by atoms with Gasteiger partial charge in [-0.15, -0.1) is 0 Å². The van der Waals surface area contributed by atoms with Crippen molar-refractivity contribution in [2.45, 2.75) is 12.8 Å². The molecular formula is C79H52N2. The Labute approximate surface area is 469 Å². The van der Waals surface area contributed by atoms with Gasteiger partial charge in [-0.2, -0.15) is 0 Å². The van der Waals surface area contributed by atoms with E-state index < -0.39 is 0 Å². The van der Waals surface area contributed by atoms with E-state index in [9.17, 15) is 0 Å². The van der Waals surface area contributed by atoms with Gasteiger partial charge in [-0.3, -0.25) is 0 Å². The minimum absolute atomic E-state index is 0.267.